The van der Waals surface area contributed by atoms with Crippen LogP contribution in [-0.2, 0) is 0 Å². The second-order valence-corrected chi connectivity index (χ2v) is 3.58. The minimum atomic E-state index is -0.230. The van der Waals surface area contributed by atoms with Crippen molar-refractivity contribution in [3.8, 4) is 16.9 Å². The zero-order chi connectivity index (χ0) is 10.4. The summed E-state index contributed by atoms with van der Waals surface area (Å²) in [6.07, 6.45) is 0. The van der Waals surface area contributed by atoms with E-state index in [1.807, 2.05) is 42.5 Å². The number of fused-ring (bicyclic) bond motifs is 1. The van der Waals surface area contributed by atoms with Crippen LogP contribution in [0.15, 0.2) is 47.3 Å². The molecule has 0 spiro atoms. The van der Waals surface area contributed by atoms with Gasteiger partial charge < -0.3 is 5.11 Å². The summed E-state index contributed by atoms with van der Waals surface area (Å²) in [5.41, 5.74) is 1.06. The van der Waals surface area contributed by atoms with E-state index in [1.54, 1.807) is 0 Å². The maximum absolute atomic E-state index is 11.1. The van der Waals surface area contributed by atoms with Gasteiger partial charge in [0.2, 0.25) is 5.43 Å². The Kier molecular flexibility index (Phi) is 1.48. The van der Waals surface area contributed by atoms with Crippen LogP contribution >= 0.6 is 0 Å². The first-order chi connectivity index (χ1) is 7.29. The van der Waals surface area contributed by atoms with Gasteiger partial charge in [-0.1, -0.05) is 42.5 Å². The van der Waals surface area contributed by atoms with Gasteiger partial charge in [-0.15, -0.1) is 0 Å². The quantitative estimate of drug-likeness (QED) is 0.649. The lowest BCUT2D eigenvalue weighted by molar-refractivity contribution is 0.489. The van der Waals surface area contributed by atoms with Gasteiger partial charge in [-0.2, -0.15) is 0 Å². The van der Waals surface area contributed by atoms with Gasteiger partial charge >= 0.3 is 0 Å². The molecule has 0 saturated heterocycles. The molecule has 72 valence electrons. The molecule has 2 nitrogen and oxygen atoms in total. The summed E-state index contributed by atoms with van der Waals surface area (Å²) in [4.78, 5) is 11.1. The Balaban J connectivity index is 2.37. The van der Waals surface area contributed by atoms with Crippen molar-refractivity contribution >= 4 is 10.8 Å². The molecule has 0 radical (unpaired) electrons. The average molecular weight is 196 g/mol. The molecule has 0 aliphatic carbocycles. The number of hydrogen-bond donors (Lipinski definition) is 1. The van der Waals surface area contributed by atoms with E-state index < -0.39 is 0 Å². The Morgan fingerprint density at radius 3 is 2.33 bits per heavy atom. The summed E-state index contributed by atoms with van der Waals surface area (Å²) in [6, 6.07) is 13.6. The Labute approximate surface area is 86.1 Å². The Morgan fingerprint density at radius 1 is 0.933 bits per heavy atom. The van der Waals surface area contributed by atoms with E-state index >= 15 is 0 Å². The van der Waals surface area contributed by atoms with Gasteiger partial charge in [-0.05, 0) is 16.3 Å². The molecule has 15 heavy (non-hydrogen) atoms. The molecule has 0 fully saturated rings. The van der Waals surface area contributed by atoms with Gasteiger partial charge in [0.25, 0.3) is 0 Å². The topological polar surface area (TPSA) is 37.3 Å². The van der Waals surface area contributed by atoms with Crippen molar-refractivity contribution in [2.75, 3.05) is 0 Å². The van der Waals surface area contributed by atoms with Gasteiger partial charge in [0.05, 0.1) is 5.56 Å². The van der Waals surface area contributed by atoms with Crippen LogP contribution in [0.2, 0.25) is 0 Å². The third-order valence-corrected chi connectivity index (χ3v) is 2.68. The Morgan fingerprint density at radius 2 is 1.60 bits per heavy atom. The Hall–Kier alpha value is -2.09. The highest BCUT2D eigenvalue weighted by Gasteiger charge is 2.24. The van der Waals surface area contributed by atoms with Crippen LogP contribution in [0.1, 0.15) is 0 Å². The zero-order valence-electron chi connectivity index (χ0n) is 7.90. The van der Waals surface area contributed by atoms with Crippen molar-refractivity contribution < 1.29 is 5.11 Å². The predicted molar refractivity (Wildman–Crippen MR) is 59.7 cm³/mol. The van der Waals surface area contributed by atoms with E-state index in [9.17, 15) is 9.90 Å². The molecule has 0 aliphatic heterocycles. The summed E-state index contributed by atoms with van der Waals surface area (Å²) < 4.78 is 0. The van der Waals surface area contributed by atoms with Crippen molar-refractivity contribution in [2.45, 2.75) is 0 Å². The summed E-state index contributed by atoms with van der Waals surface area (Å²) in [5.74, 6) is -0.0913. The van der Waals surface area contributed by atoms with Crippen LogP contribution in [0.5, 0.6) is 5.75 Å². The van der Waals surface area contributed by atoms with Crippen LogP contribution in [0.4, 0.5) is 0 Å². The molecule has 0 aromatic heterocycles. The molecule has 3 aromatic carbocycles. The highest BCUT2D eigenvalue weighted by atomic mass is 16.3. The second kappa shape index (κ2) is 2.70. The highest BCUT2D eigenvalue weighted by Crippen LogP contribution is 2.35. The lowest BCUT2D eigenvalue weighted by Gasteiger charge is -2.00. The van der Waals surface area contributed by atoms with E-state index in [-0.39, 0.29) is 11.2 Å². The minimum Gasteiger partial charge on any atom is -0.504 e. The Bertz CT molecular complexity index is 653. The van der Waals surface area contributed by atoms with E-state index in [4.69, 9.17) is 0 Å². The van der Waals surface area contributed by atoms with Crippen molar-refractivity contribution in [2.24, 2.45) is 0 Å². The highest BCUT2D eigenvalue weighted by molar-refractivity contribution is 6.00. The molecular weight excluding hydrogens is 188 g/mol. The van der Waals surface area contributed by atoms with Gasteiger partial charge in [0.1, 0.15) is 0 Å². The SMILES string of the molecule is O=c1c(O)c1-c1cccc2ccccc12. The normalized spacial score (nSPS) is 11.2. The lowest BCUT2D eigenvalue weighted by atomic mass is 10.0. The summed E-state index contributed by atoms with van der Waals surface area (Å²) in [6.45, 7) is 0. The van der Waals surface area contributed by atoms with Crippen molar-refractivity contribution in [3.05, 3.63) is 52.7 Å². The minimum absolute atomic E-state index is 0.0913. The molecule has 0 unspecified atom stereocenters. The van der Waals surface area contributed by atoms with Crippen LogP contribution in [0, 0.1) is 0 Å². The van der Waals surface area contributed by atoms with E-state index in [0.717, 1.165) is 16.3 Å². The van der Waals surface area contributed by atoms with Crippen LogP contribution < -0.4 is 5.43 Å². The molecule has 0 aliphatic rings. The zero-order valence-corrected chi connectivity index (χ0v) is 7.90. The maximum atomic E-state index is 11.1. The van der Waals surface area contributed by atoms with Crippen LogP contribution in [0.3, 0.4) is 0 Å². The lowest BCUT2D eigenvalue weighted by Crippen LogP contribution is -1.80. The van der Waals surface area contributed by atoms with Crippen molar-refractivity contribution in [1.29, 1.82) is 0 Å². The number of rotatable bonds is 1. The largest absolute Gasteiger partial charge is 0.504 e. The standard InChI is InChI=1S/C13H8O2/c14-12-11(13(12)15)10-7-3-5-8-4-1-2-6-9(8)10/h1-7,14H. The molecule has 0 heterocycles. The third kappa shape index (κ3) is 1.08. The molecule has 0 saturated carbocycles. The maximum Gasteiger partial charge on any atom is 0.232 e. The van der Waals surface area contributed by atoms with Crippen LogP contribution in [0.25, 0.3) is 21.9 Å². The van der Waals surface area contributed by atoms with Gasteiger partial charge in [0.15, 0.2) is 5.75 Å². The molecule has 3 aromatic rings. The molecule has 0 amide bonds. The molecule has 0 atom stereocenters. The monoisotopic (exact) mass is 196 g/mol. The van der Waals surface area contributed by atoms with Crippen LogP contribution in [-0.4, -0.2) is 5.11 Å². The van der Waals surface area contributed by atoms with E-state index in [2.05, 4.69) is 0 Å². The van der Waals surface area contributed by atoms with Crippen molar-refractivity contribution in [1.82, 2.24) is 0 Å². The summed E-state index contributed by atoms with van der Waals surface area (Å²) in [7, 11) is 0. The smallest absolute Gasteiger partial charge is 0.232 e. The first-order valence-corrected chi connectivity index (χ1v) is 4.75. The molecule has 3 rings (SSSR count). The van der Waals surface area contributed by atoms with Gasteiger partial charge in [0, 0.05) is 0 Å². The molecule has 1 N–H and O–H groups in total. The fourth-order valence-corrected chi connectivity index (χ4v) is 1.85. The number of aromatic hydroxyl groups is 1. The predicted octanol–water partition coefficient (Wildman–Crippen LogP) is 2.45. The fraction of sp³-hybridized carbons (Fsp3) is 0. The molecule has 0 bridgehead atoms. The van der Waals surface area contributed by atoms with Crippen molar-refractivity contribution in [3.63, 3.8) is 0 Å². The first-order valence-electron chi connectivity index (χ1n) is 4.75. The van der Waals surface area contributed by atoms with E-state index in [1.165, 1.54) is 0 Å². The summed E-state index contributed by atoms with van der Waals surface area (Å²) in [5, 5.41) is 11.3. The first kappa shape index (κ1) is 8.24. The average Bonchev–Trinajstić information content (AvgIpc) is 2.86. The third-order valence-electron chi connectivity index (χ3n) is 2.68. The van der Waals surface area contributed by atoms with E-state index in [0.29, 0.717) is 5.56 Å². The molecular formula is C13H8O2. The fourth-order valence-electron chi connectivity index (χ4n) is 1.85. The number of benzene rings is 2. The van der Waals surface area contributed by atoms with Gasteiger partial charge in [-0.3, -0.25) is 4.79 Å². The molecule has 2 heteroatoms. The number of hydrogen-bond acceptors (Lipinski definition) is 2. The summed E-state index contributed by atoms with van der Waals surface area (Å²) >= 11 is 0. The van der Waals surface area contributed by atoms with Gasteiger partial charge in [-0.25, -0.2) is 0 Å². The second-order valence-electron chi connectivity index (χ2n) is 3.58.